The van der Waals surface area contributed by atoms with Gasteiger partial charge in [-0.15, -0.1) is 0 Å². The largest absolute Gasteiger partial charge is 0.460 e. The molecule has 2 aliphatic carbocycles. The Morgan fingerprint density at radius 1 is 0.930 bits per heavy atom. The SMILES string of the molecule is COC1CCC([C@@H]2CCN(C(=O)[C@H]3CC[C@H]([C@@H](CF)NC(=O)OC(C)(C)C)CC3)[C@@H]2C(=O)Nc2ccc3oc(C(=O)OCCCCN4CCOCC4)cc3c2)CC1. The summed E-state index contributed by atoms with van der Waals surface area (Å²) in [4.78, 5) is 58.0. The van der Waals surface area contributed by atoms with Crippen LogP contribution in [-0.4, -0.2) is 117 Å². The third-order valence-electron chi connectivity index (χ3n) is 12.4. The molecule has 2 saturated heterocycles. The van der Waals surface area contributed by atoms with Crippen LogP contribution < -0.4 is 10.6 Å². The van der Waals surface area contributed by atoms with E-state index in [1.807, 2.05) is 0 Å². The molecule has 0 spiro atoms. The lowest BCUT2D eigenvalue weighted by Gasteiger charge is -2.38. The van der Waals surface area contributed by atoms with Crippen LogP contribution in [0.25, 0.3) is 11.0 Å². The first-order valence-electron chi connectivity index (χ1n) is 21.1. The lowest BCUT2D eigenvalue weighted by molar-refractivity contribution is -0.142. The van der Waals surface area contributed by atoms with Gasteiger partial charge in [-0.3, -0.25) is 14.5 Å². The molecule has 1 aromatic carbocycles. The highest BCUT2D eigenvalue weighted by Gasteiger charge is 2.47. The summed E-state index contributed by atoms with van der Waals surface area (Å²) in [6.45, 7) is 9.70. The molecule has 2 saturated carbocycles. The van der Waals surface area contributed by atoms with Crippen molar-refractivity contribution in [2.75, 3.05) is 65.1 Å². The molecule has 6 rings (SSSR count). The Bertz CT molecular complexity index is 1660. The zero-order valence-electron chi connectivity index (χ0n) is 34.2. The smallest absolute Gasteiger partial charge is 0.407 e. The van der Waals surface area contributed by atoms with Gasteiger partial charge in [0, 0.05) is 43.7 Å². The molecule has 14 heteroatoms. The van der Waals surface area contributed by atoms with Crippen LogP contribution in [0.4, 0.5) is 14.9 Å². The van der Waals surface area contributed by atoms with Gasteiger partial charge in [0.1, 0.15) is 23.9 Å². The zero-order valence-corrected chi connectivity index (χ0v) is 34.2. The molecule has 2 aromatic rings. The number of unbranched alkanes of at least 4 members (excludes halogenated alkanes) is 1. The minimum Gasteiger partial charge on any atom is -0.460 e. The summed E-state index contributed by atoms with van der Waals surface area (Å²) in [7, 11) is 1.74. The third kappa shape index (κ3) is 11.5. The lowest BCUT2D eigenvalue weighted by Crippen LogP contribution is -2.50. The van der Waals surface area contributed by atoms with Crippen LogP contribution >= 0.6 is 0 Å². The van der Waals surface area contributed by atoms with E-state index in [0.29, 0.717) is 55.5 Å². The predicted octanol–water partition coefficient (Wildman–Crippen LogP) is 6.73. The molecular formula is C43H63FN4O9. The van der Waals surface area contributed by atoms with Gasteiger partial charge in [0.15, 0.2) is 0 Å². The minimum absolute atomic E-state index is 0.00457. The first kappa shape index (κ1) is 42.8. The molecule has 13 nitrogen and oxygen atoms in total. The number of methoxy groups -OCH3 is 1. The van der Waals surface area contributed by atoms with E-state index < -0.39 is 36.4 Å². The Labute approximate surface area is 336 Å². The van der Waals surface area contributed by atoms with Crippen LogP contribution in [0.15, 0.2) is 28.7 Å². The number of nitrogens with one attached hydrogen (secondary N) is 2. The molecule has 316 valence electrons. The number of hydrogen-bond donors (Lipinski definition) is 2. The maximum Gasteiger partial charge on any atom is 0.407 e. The summed E-state index contributed by atoms with van der Waals surface area (Å²) in [5.74, 6) is -0.790. The van der Waals surface area contributed by atoms with Crippen molar-refractivity contribution in [2.24, 2.45) is 23.7 Å². The van der Waals surface area contributed by atoms with Crippen molar-refractivity contribution in [3.8, 4) is 0 Å². The number of fused-ring (bicyclic) bond motifs is 1. The van der Waals surface area contributed by atoms with E-state index in [9.17, 15) is 23.6 Å². The Morgan fingerprint density at radius 3 is 2.35 bits per heavy atom. The number of carbonyl (C=O) groups excluding carboxylic acids is 4. The fourth-order valence-electron chi connectivity index (χ4n) is 9.33. The molecule has 1 aromatic heterocycles. The second-order valence-electron chi connectivity index (χ2n) is 17.4. The summed E-state index contributed by atoms with van der Waals surface area (Å²) < 4.78 is 41.8. The molecule has 4 fully saturated rings. The number of benzene rings is 1. The quantitative estimate of drug-likeness (QED) is 0.156. The van der Waals surface area contributed by atoms with Crippen molar-refractivity contribution in [1.82, 2.24) is 15.1 Å². The van der Waals surface area contributed by atoms with Gasteiger partial charge in [0.2, 0.25) is 17.6 Å². The van der Waals surface area contributed by atoms with Crippen molar-refractivity contribution in [3.05, 3.63) is 30.0 Å². The average Bonchev–Trinajstić information content (AvgIpc) is 3.85. The molecule has 4 aliphatic rings. The van der Waals surface area contributed by atoms with E-state index in [0.717, 1.165) is 77.8 Å². The van der Waals surface area contributed by atoms with Crippen molar-refractivity contribution < 1.29 is 46.9 Å². The molecule has 0 unspecified atom stereocenters. The number of rotatable bonds is 14. The lowest BCUT2D eigenvalue weighted by atomic mass is 9.75. The fourth-order valence-corrected chi connectivity index (χ4v) is 9.33. The summed E-state index contributed by atoms with van der Waals surface area (Å²) in [6, 6.07) is 5.57. The van der Waals surface area contributed by atoms with Crippen LogP contribution in [0.5, 0.6) is 0 Å². The van der Waals surface area contributed by atoms with Gasteiger partial charge in [0.05, 0.1) is 32.0 Å². The van der Waals surface area contributed by atoms with E-state index in [4.69, 9.17) is 23.4 Å². The number of anilines is 1. The standard InChI is InChI=1S/C43H63FN4O9/c1-43(2,3)57-42(52)46-35(27-44)29-7-9-30(10-8-29)40(50)48-19-17-34(28-11-14-33(53-4)15-12-28)38(48)39(49)45-32-13-16-36-31(25-32)26-37(56-36)41(51)55-22-6-5-18-47-20-23-54-24-21-47/h13,16,25-26,28-30,33-35,38H,5-12,14-15,17-24,27H2,1-4H3,(H,45,49)(H,46,52)/t28?,29-,30-,33?,34-,35+,38-/m0/s1. The van der Waals surface area contributed by atoms with Crippen LogP contribution in [0.3, 0.4) is 0 Å². The van der Waals surface area contributed by atoms with Crippen LogP contribution in [0.1, 0.15) is 102 Å². The number of esters is 1. The van der Waals surface area contributed by atoms with Crippen molar-refractivity contribution in [2.45, 2.75) is 115 Å². The van der Waals surface area contributed by atoms with Gasteiger partial charge >= 0.3 is 12.1 Å². The van der Waals surface area contributed by atoms with Gasteiger partial charge in [-0.2, -0.15) is 0 Å². The van der Waals surface area contributed by atoms with Gasteiger partial charge < -0.3 is 38.9 Å². The summed E-state index contributed by atoms with van der Waals surface area (Å²) in [6.07, 6.45) is 7.99. The van der Waals surface area contributed by atoms with Crippen molar-refractivity contribution in [1.29, 1.82) is 0 Å². The molecule has 2 N–H and O–H groups in total. The Balaban J connectivity index is 1.08. The van der Waals surface area contributed by atoms with E-state index >= 15 is 0 Å². The molecule has 0 radical (unpaired) electrons. The number of likely N-dealkylation sites (tertiary alicyclic amines) is 1. The Kier molecular flexibility index (Phi) is 14.9. The topological polar surface area (TPSA) is 149 Å². The van der Waals surface area contributed by atoms with Crippen molar-refractivity contribution in [3.63, 3.8) is 0 Å². The maximum atomic E-state index is 14.4. The number of ether oxygens (including phenoxy) is 4. The normalized spacial score (nSPS) is 26.5. The molecule has 57 heavy (non-hydrogen) atoms. The number of hydrogen-bond acceptors (Lipinski definition) is 10. The molecule has 3 atom stereocenters. The van der Waals surface area contributed by atoms with E-state index in [-0.39, 0.29) is 47.4 Å². The van der Waals surface area contributed by atoms with Crippen LogP contribution in [0.2, 0.25) is 0 Å². The van der Waals surface area contributed by atoms with Gasteiger partial charge in [-0.1, -0.05) is 0 Å². The predicted molar refractivity (Wildman–Crippen MR) is 213 cm³/mol. The average molecular weight is 799 g/mol. The van der Waals surface area contributed by atoms with Crippen LogP contribution in [-0.2, 0) is 28.5 Å². The first-order valence-corrected chi connectivity index (χ1v) is 21.1. The number of furan rings is 1. The van der Waals surface area contributed by atoms with Gasteiger partial charge in [0.25, 0.3) is 0 Å². The molecule has 3 amide bonds. The summed E-state index contributed by atoms with van der Waals surface area (Å²) in [5.41, 5.74) is 0.362. The van der Waals surface area contributed by atoms with Gasteiger partial charge in [-0.05, 0) is 140 Å². The van der Waals surface area contributed by atoms with E-state index in [2.05, 4.69) is 15.5 Å². The number of amides is 3. The molecular weight excluding hydrogens is 735 g/mol. The Hall–Kier alpha value is -3.75. The number of alkyl halides is 1. The Morgan fingerprint density at radius 2 is 1.67 bits per heavy atom. The van der Waals surface area contributed by atoms with Gasteiger partial charge in [-0.25, -0.2) is 14.0 Å². The van der Waals surface area contributed by atoms with Crippen LogP contribution in [0, 0.1) is 23.7 Å². The van der Waals surface area contributed by atoms with E-state index in [1.54, 1.807) is 57.0 Å². The second-order valence-corrected chi connectivity index (χ2v) is 17.4. The molecule has 0 bridgehead atoms. The second kappa shape index (κ2) is 19.8. The first-order chi connectivity index (χ1) is 27.4. The van der Waals surface area contributed by atoms with Crippen molar-refractivity contribution >= 4 is 40.5 Å². The molecule has 2 aliphatic heterocycles. The number of halogens is 1. The molecule has 3 heterocycles. The third-order valence-corrected chi connectivity index (χ3v) is 12.4. The number of carbonyl (C=O) groups is 4. The highest BCUT2D eigenvalue weighted by atomic mass is 19.1. The highest BCUT2D eigenvalue weighted by Crippen LogP contribution is 2.42. The number of alkyl carbamates (subject to hydrolysis) is 1. The highest BCUT2D eigenvalue weighted by molar-refractivity contribution is 6.00. The maximum absolute atomic E-state index is 14.4. The zero-order chi connectivity index (χ0) is 40.5. The van der Waals surface area contributed by atoms with E-state index in [1.165, 1.54) is 0 Å². The minimum atomic E-state index is -0.712. The number of morpholine rings is 1. The summed E-state index contributed by atoms with van der Waals surface area (Å²) >= 11 is 0. The summed E-state index contributed by atoms with van der Waals surface area (Å²) in [5, 5.41) is 6.47. The number of nitrogens with zero attached hydrogens (tertiary/aromatic N) is 2. The monoisotopic (exact) mass is 798 g/mol. The fraction of sp³-hybridized carbons (Fsp3) is 0.721.